The molecule has 1 rings (SSSR count). The second-order valence-corrected chi connectivity index (χ2v) is 5.14. The summed E-state index contributed by atoms with van der Waals surface area (Å²) in [6.45, 7) is 11.0. The largest absolute Gasteiger partial charge is 0.0999 e. The van der Waals surface area contributed by atoms with Crippen molar-refractivity contribution in [3.8, 4) is 0 Å². The van der Waals surface area contributed by atoms with E-state index in [-0.39, 0.29) is 0 Å². The quantitative estimate of drug-likeness (QED) is 0.405. The van der Waals surface area contributed by atoms with E-state index in [0.717, 1.165) is 5.92 Å². The maximum Gasteiger partial charge on any atom is -0.0208 e. The molecule has 0 nitrogen and oxygen atoms in total. The highest BCUT2D eigenvalue weighted by atomic mass is 14.3. The zero-order valence-corrected chi connectivity index (χ0v) is 8.82. The molecule has 1 saturated carbocycles. The molecule has 1 aliphatic carbocycles. The fourth-order valence-electron chi connectivity index (χ4n) is 2.15. The van der Waals surface area contributed by atoms with Crippen LogP contribution in [-0.2, 0) is 0 Å². The average Bonchev–Trinajstić information content (AvgIpc) is 2.10. The average molecular weight is 166 g/mol. The van der Waals surface area contributed by atoms with Gasteiger partial charge < -0.3 is 0 Å². The molecule has 0 aromatic heterocycles. The maximum atomic E-state index is 4.07. The normalized spacial score (nSPS) is 29.4. The molecule has 1 atom stereocenters. The Balaban J connectivity index is 2.50. The van der Waals surface area contributed by atoms with Crippen LogP contribution in [0.15, 0.2) is 12.2 Å². The van der Waals surface area contributed by atoms with Crippen LogP contribution >= 0.6 is 0 Å². The van der Waals surface area contributed by atoms with E-state index in [1.165, 1.54) is 37.7 Å². The van der Waals surface area contributed by atoms with Gasteiger partial charge in [-0.25, -0.2) is 0 Å². The maximum absolute atomic E-state index is 4.07. The number of hydrogen-bond acceptors (Lipinski definition) is 0. The minimum absolute atomic E-state index is 0.588. The molecule has 0 heterocycles. The molecule has 0 bridgehead atoms. The smallest absolute Gasteiger partial charge is 0.0208 e. The summed E-state index contributed by atoms with van der Waals surface area (Å²) in [6.07, 6.45) is 6.91. The Labute approximate surface area is 77.1 Å². The van der Waals surface area contributed by atoms with E-state index in [1.807, 2.05) is 0 Å². The third kappa shape index (κ3) is 2.66. The van der Waals surface area contributed by atoms with Gasteiger partial charge >= 0.3 is 0 Å². The third-order valence-corrected chi connectivity index (χ3v) is 3.27. The Hall–Kier alpha value is -0.260. The van der Waals surface area contributed by atoms with Gasteiger partial charge in [-0.05, 0) is 43.9 Å². The number of hydrogen-bond donors (Lipinski definition) is 0. The predicted octanol–water partition coefficient (Wildman–Crippen LogP) is 4.17. The molecule has 12 heavy (non-hydrogen) atoms. The first-order valence-electron chi connectivity index (χ1n) is 5.17. The zero-order chi connectivity index (χ0) is 9.19. The Bertz CT molecular complexity index is 165. The number of rotatable bonds is 1. The number of allylic oxidation sites excluding steroid dienone is 1. The molecule has 0 N–H and O–H groups in total. The van der Waals surface area contributed by atoms with Gasteiger partial charge in [-0.1, -0.05) is 32.4 Å². The highest BCUT2D eigenvalue weighted by molar-refractivity contribution is 4.97. The van der Waals surface area contributed by atoms with Crippen LogP contribution in [0.4, 0.5) is 0 Å². The lowest BCUT2D eigenvalue weighted by Crippen LogP contribution is -2.09. The van der Waals surface area contributed by atoms with Gasteiger partial charge in [-0.2, -0.15) is 0 Å². The highest BCUT2D eigenvalue weighted by Gasteiger charge is 2.24. The van der Waals surface area contributed by atoms with Crippen LogP contribution in [0.5, 0.6) is 0 Å². The van der Waals surface area contributed by atoms with Gasteiger partial charge in [0.2, 0.25) is 0 Å². The van der Waals surface area contributed by atoms with Gasteiger partial charge in [0.05, 0.1) is 0 Å². The van der Waals surface area contributed by atoms with Gasteiger partial charge in [-0.3, -0.25) is 0 Å². The summed E-state index contributed by atoms with van der Waals surface area (Å²) in [7, 11) is 0. The van der Waals surface area contributed by atoms with Crippen molar-refractivity contribution in [1.29, 1.82) is 0 Å². The van der Waals surface area contributed by atoms with Crippen LogP contribution in [0.1, 0.15) is 52.9 Å². The van der Waals surface area contributed by atoms with E-state index in [9.17, 15) is 0 Å². The first-order chi connectivity index (χ1) is 5.51. The SMILES string of the molecule is C=C(C)C1CCCC(C)(C)CC1. The summed E-state index contributed by atoms with van der Waals surface area (Å²) in [5, 5.41) is 0. The summed E-state index contributed by atoms with van der Waals surface area (Å²) < 4.78 is 0. The summed E-state index contributed by atoms with van der Waals surface area (Å²) in [6, 6.07) is 0. The third-order valence-electron chi connectivity index (χ3n) is 3.27. The van der Waals surface area contributed by atoms with Crippen molar-refractivity contribution >= 4 is 0 Å². The summed E-state index contributed by atoms with van der Waals surface area (Å²) in [5.74, 6) is 0.812. The van der Waals surface area contributed by atoms with E-state index in [0.29, 0.717) is 5.41 Å². The van der Waals surface area contributed by atoms with Crippen molar-refractivity contribution in [1.82, 2.24) is 0 Å². The van der Waals surface area contributed by atoms with Crippen LogP contribution in [-0.4, -0.2) is 0 Å². The first kappa shape index (κ1) is 9.83. The molecular weight excluding hydrogens is 144 g/mol. The molecule has 0 saturated heterocycles. The molecule has 0 radical (unpaired) electrons. The lowest BCUT2D eigenvalue weighted by atomic mass is 9.84. The van der Waals surface area contributed by atoms with Crippen LogP contribution in [0.25, 0.3) is 0 Å². The molecular formula is C12H22. The molecule has 0 aromatic rings. The highest BCUT2D eigenvalue weighted by Crippen LogP contribution is 2.37. The minimum atomic E-state index is 0.588. The summed E-state index contributed by atoms with van der Waals surface area (Å²) in [5.41, 5.74) is 1.98. The monoisotopic (exact) mass is 166 g/mol. The molecule has 1 aliphatic rings. The molecule has 1 fully saturated rings. The van der Waals surface area contributed by atoms with Crippen molar-refractivity contribution < 1.29 is 0 Å². The van der Waals surface area contributed by atoms with E-state index >= 15 is 0 Å². The van der Waals surface area contributed by atoms with E-state index in [2.05, 4.69) is 27.4 Å². The standard InChI is InChI=1S/C12H22/c1-10(2)11-6-5-8-12(3,4)9-7-11/h11H,1,5-9H2,2-4H3. The first-order valence-corrected chi connectivity index (χ1v) is 5.17. The second kappa shape index (κ2) is 3.64. The molecule has 0 aliphatic heterocycles. The van der Waals surface area contributed by atoms with E-state index in [4.69, 9.17) is 0 Å². The molecule has 0 aromatic carbocycles. The van der Waals surface area contributed by atoms with Gasteiger partial charge in [-0.15, -0.1) is 0 Å². The van der Waals surface area contributed by atoms with Crippen LogP contribution in [0.2, 0.25) is 0 Å². The summed E-state index contributed by atoms with van der Waals surface area (Å²) in [4.78, 5) is 0. The predicted molar refractivity (Wildman–Crippen MR) is 55.2 cm³/mol. The Morgan fingerprint density at radius 1 is 1.25 bits per heavy atom. The molecule has 0 amide bonds. The fraction of sp³-hybridized carbons (Fsp3) is 0.833. The lowest BCUT2D eigenvalue weighted by Gasteiger charge is -2.21. The molecule has 1 unspecified atom stereocenters. The molecule has 70 valence electrons. The van der Waals surface area contributed by atoms with Gasteiger partial charge in [0.15, 0.2) is 0 Å². The van der Waals surface area contributed by atoms with E-state index < -0.39 is 0 Å². The minimum Gasteiger partial charge on any atom is -0.0999 e. The van der Waals surface area contributed by atoms with Crippen LogP contribution in [0, 0.1) is 11.3 Å². The fourth-order valence-corrected chi connectivity index (χ4v) is 2.15. The van der Waals surface area contributed by atoms with Crippen LogP contribution < -0.4 is 0 Å². The van der Waals surface area contributed by atoms with Gasteiger partial charge in [0.25, 0.3) is 0 Å². The van der Waals surface area contributed by atoms with Crippen molar-refractivity contribution in [2.45, 2.75) is 52.9 Å². The second-order valence-electron chi connectivity index (χ2n) is 5.14. The lowest BCUT2D eigenvalue weighted by molar-refractivity contribution is 0.311. The van der Waals surface area contributed by atoms with Crippen molar-refractivity contribution in [3.05, 3.63) is 12.2 Å². The van der Waals surface area contributed by atoms with Crippen LogP contribution in [0.3, 0.4) is 0 Å². The molecule has 0 heteroatoms. The summed E-state index contributed by atoms with van der Waals surface area (Å²) >= 11 is 0. The van der Waals surface area contributed by atoms with Gasteiger partial charge in [0, 0.05) is 0 Å². The van der Waals surface area contributed by atoms with E-state index in [1.54, 1.807) is 0 Å². The topological polar surface area (TPSA) is 0 Å². The van der Waals surface area contributed by atoms with Crippen molar-refractivity contribution in [2.24, 2.45) is 11.3 Å². The Morgan fingerprint density at radius 2 is 1.92 bits per heavy atom. The Kier molecular flexibility index (Phi) is 2.98. The van der Waals surface area contributed by atoms with Crippen molar-refractivity contribution in [3.63, 3.8) is 0 Å². The van der Waals surface area contributed by atoms with Crippen molar-refractivity contribution in [2.75, 3.05) is 0 Å². The Morgan fingerprint density at radius 3 is 2.50 bits per heavy atom. The van der Waals surface area contributed by atoms with Gasteiger partial charge in [0.1, 0.15) is 0 Å². The zero-order valence-electron chi connectivity index (χ0n) is 8.82. The molecule has 0 spiro atoms.